The maximum Gasteiger partial charge on any atom is 0.224 e. The van der Waals surface area contributed by atoms with Gasteiger partial charge < -0.3 is 10.6 Å². The molecule has 0 fully saturated rings. The average Bonchev–Trinajstić information content (AvgIpc) is 2.46. The van der Waals surface area contributed by atoms with E-state index in [2.05, 4.69) is 32.5 Å². The number of aryl methyl sites for hydroxylation is 1. The molecule has 0 amide bonds. The van der Waals surface area contributed by atoms with E-state index in [9.17, 15) is 0 Å². The van der Waals surface area contributed by atoms with Gasteiger partial charge in [-0.25, -0.2) is 4.98 Å². The number of nitrogens with one attached hydrogen (secondary N) is 2. The number of hydrogen-bond donors (Lipinski definition) is 2. The molecule has 0 saturated carbocycles. The fraction of sp³-hybridized carbons (Fsp3) is 0.357. The molecule has 0 radical (unpaired) electrons. The van der Waals surface area contributed by atoms with Crippen LogP contribution in [0.4, 0.5) is 11.8 Å². The molecular weight excluding hydrogens is 238 g/mol. The summed E-state index contributed by atoms with van der Waals surface area (Å²) in [6, 6.07) is 3.97. The third-order valence-corrected chi connectivity index (χ3v) is 2.71. The van der Waals surface area contributed by atoms with E-state index in [1.165, 1.54) is 5.56 Å². The zero-order valence-electron chi connectivity index (χ0n) is 11.3. The largest absolute Gasteiger partial charge is 0.366 e. The van der Waals surface area contributed by atoms with Crippen LogP contribution in [0.25, 0.3) is 0 Å². The van der Waals surface area contributed by atoms with Gasteiger partial charge in [0, 0.05) is 37.2 Å². The first kappa shape index (κ1) is 13.3. The molecule has 0 aromatic carbocycles. The van der Waals surface area contributed by atoms with Gasteiger partial charge in [-0.3, -0.25) is 4.98 Å². The van der Waals surface area contributed by atoms with Crippen molar-refractivity contribution in [3.8, 4) is 0 Å². The molecule has 100 valence electrons. The molecule has 2 aromatic rings. The van der Waals surface area contributed by atoms with Crippen molar-refractivity contribution in [3.05, 3.63) is 41.9 Å². The first-order valence-electron chi connectivity index (χ1n) is 6.50. The maximum atomic E-state index is 4.48. The molecule has 2 heterocycles. The van der Waals surface area contributed by atoms with Crippen molar-refractivity contribution < 1.29 is 0 Å². The molecular formula is C14H19N5. The topological polar surface area (TPSA) is 62.7 Å². The Morgan fingerprint density at radius 1 is 1.16 bits per heavy atom. The van der Waals surface area contributed by atoms with E-state index >= 15 is 0 Å². The predicted octanol–water partition coefficient (Wildman–Crippen LogP) is 2.61. The molecule has 2 N–H and O–H groups in total. The number of anilines is 2. The fourth-order valence-electron chi connectivity index (χ4n) is 1.63. The number of rotatable bonds is 6. The molecule has 19 heavy (non-hydrogen) atoms. The minimum atomic E-state index is 0.671. The second-order valence-electron chi connectivity index (χ2n) is 4.36. The Hall–Kier alpha value is -2.17. The quantitative estimate of drug-likeness (QED) is 0.833. The number of nitrogens with zero attached hydrogens (tertiary/aromatic N) is 3. The van der Waals surface area contributed by atoms with Crippen molar-refractivity contribution in [3.63, 3.8) is 0 Å². The molecule has 0 saturated heterocycles. The summed E-state index contributed by atoms with van der Waals surface area (Å²) in [5, 5.41) is 6.52. The molecule has 0 aliphatic carbocycles. The van der Waals surface area contributed by atoms with Crippen LogP contribution in [0, 0.1) is 6.92 Å². The normalized spacial score (nSPS) is 10.2. The van der Waals surface area contributed by atoms with E-state index in [1.807, 2.05) is 25.3 Å². The van der Waals surface area contributed by atoms with Gasteiger partial charge in [0.25, 0.3) is 0 Å². The minimum Gasteiger partial charge on any atom is -0.366 e. The van der Waals surface area contributed by atoms with Gasteiger partial charge in [-0.15, -0.1) is 0 Å². The van der Waals surface area contributed by atoms with Crippen LogP contribution in [0.15, 0.2) is 30.7 Å². The van der Waals surface area contributed by atoms with Gasteiger partial charge in [-0.2, -0.15) is 4.98 Å². The Morgan fingerprint density at radius 3 is 2.68 bits per heavy atom. The zero-order chi connectivity index (χ0) is 13.5. The maximum absolute atomic E-state index is 4.48. The minimum absolute atomic E-state index is 0.671. The van der Waals surface area contributed by atoms with E-state index in [0.29, 0.717) is 5.95 Å². The standard InChI is InChI=1S/C14H19N5/c1-3-6-16-14-18-9-11(2)13(19-14)17-10-12-4-7-15-8-5-12/h4-5,7-9H,3,6,10H2,1-2H3,(H2,16,17,18,19). The third-order valence-electron chi connectivity index (χ3n) is 2.71. The first-order chi connectivity index (χ1) is 9.29. The Labute approximate surface area is 113 Å². The smallest absolute Gasteiger partial charge is 0.224 e. The monoisotopic (exact) mass is 257 g/mol. The van der Waals surface area contributed by atoms with Crippen molar-refractivity contribution in [1.82, 2.24) is 15.0 Å². The van der Waals surface area contributed by atoms with Crippen molar-refractivity contribution in [2.45, 2.75) is 26.8 Å². The lowest BCUT2D eigenvalue weighted by Crippen LogP contribution is -2.08. The molecule has 0 aliphatic rings. The Bertz CT molecular complexity index is 512. The molecule has 5 nitrogen and oxygen atoms in total. The molecule has 0 aliphatic heterocycles. The highest BCUT2D eigenvalue weighted by Crippen LogP contribution is 2.13. The fourth-order valence-corrected chi connectivity index (χ4v) is 1.63. The van der Waals surface area contributed by atoms with E-state index in [1.54, 1.807) is 12.4 Å². The van der Waals surface area contributed by atoms with Crippen molar-refractivity contribution in [2.75, 3.05) is 17.2 Å². The molecule has 0 spiro atoms. The SMILES string of the molecule is CCCNc1ncc(C)c(NCc2ccncc2)n1. The zero-order valence-corrected chi connectivity index (χ0v) is 11.3. The van der Waals surface area contributed by atoms with Crippen molar-refractivity contribution in [2.24, 2.45) is 0 Å². The highest BCUT2D eigenvalue weighted by Gasteiger charge is 2.03. The molecule has 0 unspecified atom stereocenters. The van der Waals surface area contributed by atoms with E-state index < -0.39 is 0 Å². The lowest BCUT2D eigenvalue weighted by molar-refractivity contribution is 0.946. The van der Waals surface area contributed by atoms with Crippen LogP contribution in [0.2, 0.25) is 0 Å². The van der Waals surface area contributed by atoms with Crippen LogP contribution in [-0.4, -0.2) is 21.5 Å². The van der Waals surface area contributed by atoms with Gasteiger partial charge in [0.1, 0.15) is 5.82 Å². The van der Waals surface area contributed by atoms with Crippen LogP contribution in [0.3, 0.4) is 0 Å². The summed E-state index contributed by atoms with van der Waals surface area (Å²) < 4.78 is 0. The summed E-state index contributed by atoms with van der Waals surface area (Å²) in [6.45, 7) is 5.72. The molecule has 0 bridgehead atoms. The van der Waals surface area contributed by atoms with Gasteiger partial charge in [-0.05, 0) is 31.0 Å². The van der Waals surface area contributed by atoms with Crippen LogP contribution in [0.1, 0.15) is 24.5 Å². The highest BCUT2D eigenvalue weighted by molar-refractivity contribution is 5.46. The van der Waals surface area contributed by atoms with E-state index in [0.717, 1.165) is 30.9 Å². The number of aromatic nitrogens is 3. The van der Waals surface area contributed by atoms with Crippen molar-refractivity contribution in [1.29, 1.82) is 0 Å². The van der Waals surface area contributed by atoms with Gasteiger partial charge in [-0.1, -0.05) is 6.92 Å². The van der Waals surface area contributed by atoms with Crippen LogP contribution >= 0.6 is 0 Å². The van der Waals surface area contributed by atoms with Crippen molar-refractivity contribution >= 4 is 11.8 Å². The Balaban J connectivity index is 2.02. The highest BCUT2D eigenvalue weighted by atomic mass is 15.1. The summed E-state index contributed by atoms with van der Waals surface area (Å²) in [7, 11) is 0. The number of hydrogen-bond acceptors (Lipinski definition) is 5. The number of pyridine rings is 1. The summed E-state index contributed by atoms with van der Waals surface area (Å²) >= 11 is 0. The Kier molecular flexibility index (Phi) is 4.66. The average molecular weight is 257 g/mol. The Morgan fingerprint density at radius 2 is 1.95 bits per heavy atom. The van der Waals surface area contributed by atoms with E-state index in [4.69, 9.17) is 0 Å². The second kappa shape index (κ2) is 6.68. The lowest BCUT2D eigenvalue weighted by Gasteiger charge is -2.10. The molecule has 2 rings (SSSR count). The molecule has 2 aromatic heterocycles. The van der Waals surface area contributed by atoms with Gasteiger partial charge >= 0.3 is 0 Å². The predicted molar refractivity (Wildman–Crippen MR) is 77.1 cm³/mol. The first-order valence-corrected chi connectivity index (χ1v) is 6.50. The van der Waals surface area contributed by atoms with Crippen LogP contribution in [0.5, 0.6) is 0 Å². The summed E-state index contributed by atoms with van der Waals surface area (Å²) in [4.78, 5) is 12.7. The second-order valence-corrected chi connectivity index (χ2v) is 4.36. The van der Waals surface area contributed by atoms with Crippen LogP contribution < -0.4 is 10.6 Å². The third kappa shape index (κ3) is 3.91. The summed E-state index contributed by atoms with van der Waals surface area (Å²) in [5.41, 5.74) is 2.21. The van der Waals surface area contributed by atoms with Gasteiger partial charge in [0.2, 0.25) is 5.95 Å². The van der Waals surface area contributed by atoms with Crippen LogP contribution in [-0.2, 0) is 6.54 Å². The summed E-state index contributed by atoms with van der Waals surface area (Å²) in [6.07, 6.45) is 6.47. The summed E-state index contributed by atoms with van der Waals surface area (Å²) in [5.74, 6) is 1.54. The molecule has 5 heteroatoms. The molecule has 0 atom stereocenters. The van der Waals surface area contributed by atoms with Gasteiger partial charge in [0.15, 0.2) is 0 Å². The van der Waals surface area contributed by atoms with E-state index in [-0.39, 0.29) is 0 Å². The van der Waals surface area contributed by atoms with Gasteiger partial charge in [0.05, 0.1) is 0 Å². The lowest BCUT2D eigenvalue weighted by atomic mass is 10.2.